The van der Waals surface area contributed by atoms with Crippen molar-refractivity contribution in [3.63, 3.8) is 0 Å². The summed E-state index contributed by atoms with van der Waals surface area (Å²) in [5.74, 6) is -2.64. The number of alkyl halides is 2. The number of ether oxygens (including phenoxy) is 1. The quantitative estimate of drug-likeness (QED) is 0.906. The average Bonchev–Trinajstić information content (AvgIpc) is 3.19. The largest absolute Gasteiger partial charge is 0.373 e. The van der Waals surface area contributed by atoms with E-state index in [4.69, 9.17) is 4.74 Å². The van der Waals surface area contributed by atoms with Gasteiger partial charge < -0.3 is 15.0 Å². The monoisotopic (exact) mass is 300 g/mol. The van der Waals surface area contributed by atoms with Crippen LogP contribution in [0.1, 0.15) is 24.5 Å². The minimum Gasteiger partial charge on any atom is -0.373 e. The van der Waals surface area contributed by atoms with Gasteiger partial charge in [0.15, 0.2) is 0 Å². The van der Waals surface area contributed by atoms with Gasteiger partial charge in [-0.3, -0.25) is 4.68 Å². The molecule has 116 valence electrons. The number of aryl methyl sites for hydroxylation is 1. The van der Waals surface area contributed by atoms with E-state index in [0.717, 1.165) is 23.4 Å². The van der Waals surface area contributed by atoms with E-state index >= 15 is 0 Å². The molecular formula is C13H18F2N4O2. The predicted molar refractivity (Wildman–Crippen MR) is 71.5 cm³/mol. The Balaban J connectivity index is 1.70. The summed E-state index contributed by atoms with van der Waals surface area (Å²) in [6.45, 7) is -0.999. The van der Waals surface area contributed by atoms with Crippen molar-refractivity contribution >= 4 is 11.7 Å². The molecule has 2 amide bonds. The summed E-state index contributed by atoms with van der Waals surface area (Å²) in [5, 5.41) is 7.03. The fourth-order valence-corrected chi connectivity index (χ4v) is 2.43. The molecule has 2 fully saturated rings. The molecule has 0 atom stereocenters. The van der Waals surface area contributed by atoms with Crippen LogP contribution in [0.25, 0.3) is 0 Å². The summed E-state index contributed by atoms with van der Waals surface area (Å²) < 4.78 is 33.4. The Morgan fingerprint density at radius 1 is 1.52 bits per heavy atom. The number of amides is 2. The summed E-state index contributed by atoms with van der Waals surface area (Å²) in [7, 11) is 1.77. The second kappa shape index (κ2) is 5.25. The summed E-state index contributed by atoms with van der Waals surface area (Å²) in [6.07, 6.45) is 3.81. The number of halogens is 2. The topological polar surface area (TPSA) is 59.4 Å². The molecule has 6 nitrogen and oxygen atoms in total. The molecule has 1 saturated heterocycles. The first kappa shape index (κ1) is 14.2. The van der Waals surface area contributed by atoms with Crippen molar-refractivity contribution in [1.82, 2.24) is 14.7 Å². The van der Waals surface area contributed by atoms with Crippen LogP contribution < -0.4 is 5.32 Å². The number of nitrogens with zero attached hydrogens (tertiary/aromatic N) is 3. The summed E-state index contributed by atoms with van der Waals surface area (Å²) >= 11 is 0. The van der Waals surface area contributed by atoms with Gasteiger partial charge in [0.25, 0.3) is 5.92 Å². The van der Waals surface area contributed by atoms with Crippen LogP contribution in [-0.4, -0.2) is 52.9 Å². The van der Waals surface area contributed by atoms with Gasteiger partial charge in [0.1, 0.15) is 6.61 Å². The van der Waals surface area contributed by atoms with E-state index in [1.165, 1.54) is 0 Å². The molecule has 2 heterocycles. The highest BCUT2D eigenvalue weighted by Gasteiger charge is 2.37. The van der Waals surface area contributed by atoms with Crippen LogP contribution in [0.5, 0.6) is 0 Å². The fraction of sp³-hybridized carbons (Fsp3) is 0.692. The minimum absolute atomic E-state index is 0.117. The molecule has 1 aromatic heterocycles. The summed E-state index contributed by atoms with van der Waals surface area (Å²) in [4.78, 5) is 13.3. The third kappa shape index (κ3) is 3.31. The van der Waals surface area contributed by atoms with E-state index in [9.17, 15) is 13.6 Å². The van der Waals surface area contributed by atoms with Gasteiger partial charge >= 0.3 is 6.03 Å². The van der Waals surface area contributed by atoms with Crippen LogP contribution in [0.2, 0.25) is 0 Å². The molecule has 0 bridgehead atoms. The molecule has 0 radical (unpaired) electrons. The second-order valence-corrected chi connectivity index (χ2v) is 5.64. The van der Waals surface area contributed by atoms with Crippen LogP contribution in [0.3, 0.4) is 0 Å². The third-order valence-electron chi connectivity index (χ3n) is 3.59. The van der Waals surface area contributed by atoms with Crippen LogP contribution in [0, 0.1) is 0 Å². The first-order chi connectivity index (χ1) is 9.94. The van der Waals surface area contributed by atoms with Crippen molar-refractivity contribution in [2.75, 3.05) is 31.6 Å². The van der Waals surface area contributed by atoms with Crippen LogP contribution in [0.4, 0.5) is 19.3 Å². The lowest BCUT2D eigenvalue weighted by Crippen LogP contribution is -2.43. The van der Waals surface area contributed by atoms with Crippen molar-refractivity contribution in [1.29, 1.82) is 0 Å². The second-order valence-electron chi connectivity index (χ2n) is 5.64. The van der Waals surface area contributed by atoms with Gasteiger partial charge in [0, 0.05) is 25.7 Å². The molecule has 0 aromatic carbocycles. The number of urea groups is 1. The standard InChI is InChI=1S/C13H18F2N4O2/c1-18-6-10(11(17-18)9-2-3-9)16-12(20)19-4-5-21-8-13(14,15)7-19/h6,9H,2-5,7-8H2,1H3,(H,16,20). The van der Waals surface area contributed by atoms with Crippen LogP contribution in [-0.2, 0) is 11.8 Å². The molecule has 21 heavy (non-hydrogen) atoms. The molecule has 0 unspecified atom stereocenters. The maximum absolute atomic E-state index is 13.5. The van der Waals surface area contributed by atoms with Crippen molar-refractivity contribution in [2.45, 2.75) is 24.7 Å². The van der Waals surface area contributed by atoms with E-state index in [-0.39, 0.29) is 13.2 Å². The van der Waals surface area contributed by atoms with Gasteiger partial charge in [-0.1, -0.05) is 0 Å². The van der Waals surface area contributed by atoms with E-state index in [1.54, 1.807) is 17.9 Å². The highest BCUT2D eigenvalue weighted by Crippen LogP contribution is 2.42. The van der Waals surface area contributed by atoms with Crippen LogP contribution >= 0.6 is 0 Å². The molecule has 1 aliphatic carbocycles. The number of rotatable bonds is 2. The molecule has 8 heteroatoms. The average molecular weight is 300 g/mol. The van der Waals surface area contributed by atoms with Crippen molar-refractivity contribution in [2.24, 2.45) is 7.05 Å². The Morgan fingerprint density at radius 2 is 2.29 bits per heavy atom. The number of hydrogen-bond donors (Lipinski definition) is 1. The number of anilines is 1. The molecule has 1 N–H and O–H groups in total. The van der Waals surface area contributed by atoms with Gasteiger partial charge in [-0.25, -0.2) is 13.6 Å². The number of carbonyl (C=O) groups excluding carboxylic acids is 1. The smallest absolute Gasteiger partial charge is 0.322 e. The highest BCUT2D eigenvalue weighted by atomic mass is 19.3. The zero-order valence-electron chi connectivity index (χ0n) is 11.8. The minimum atomic E-state index is -3.01. The molecular weight excluding hydrogens is 282 g/mol. The zero-order chi connectivity index (χ0) is 15.0. The number of hydrogen-bond acceptors (Lipinski definition) is 3. The lowest BCUT2D eigenvalue weighted by atomic mass is 10.2. The zero-order valence-corrected chi connectivity index (χ0v) is 11.8. The first-order valence-electron chi connectivity index (χ1n) is 7.00. The molecule has 1 aliphatic heterocycles. The fourth-order valence-electron chi connectivity index (χ4n) is 2.43. The number of carbonyl (C=O) groups is 1. The van der Waals surface area contributed by atoms with Crippen molar-refractivity contribution in [3.8, 4) is 0 Å². The Labute approximate surface area is 121 Å². The van der Waals surface area contributed by atoms with Gasteiger partial charge in [0.05, 0.1) is 24.5 Å². The Morgan fingerprint density at radius 3 is 3.00 bits per heavy atom. The van der Waals surface area contributed by atoms with Crippen molar-refractivity contribution in [3.05, 3.63) is 11.9 Å². The number of aromatic nitrogens is 2. The normalized spacial score (nSPS) is 22.0. The third-order valence-corrected chi connectivity index (χ3v) is 3.59. The molecule has 2 aliphatic rings. The Kier molecular flexibility index (Phi) is 3.56. The molecule has 0 spiro atoms. The Hall–Kier alpha value is -1.70. The SMILES string of the molecule is Cn1cc(NC(=O)N2CCOCC(F)(F)C2)c(C2CC2)n1. The lowest BCUT2D eigenvalue weighted by Gasteiger charge is -2.23. The predicted octanol–water partition coefficient (Wildman–Crippen LogP) is 1.80. The lowest BCUT2D eigenvalue weighted by molar-refractivity contribution is -0.0648. The maximum Gasteiger partial charge on any atom is 0.322 e. The van der Waals surface area contributed by atoms with Gasteiger partial charge in [0.2, 0.25) is 0 Å². The van der Waals surface area contributed by atoms with E-state index < -0.39 is 25.1 Å². The molecule has 1 aromatic rings. The Bertz CT molecular complexity index is 542. The summed E-state index contributed by atoms with van der Waals surface area (Å²) in [6, 6.07) is -0.532. The van der Waals surface area contributed by atoms with Crippen LogP contribution in [0.15, 0.2) is 6.20 Å². The van der Waals surface area contributed by atoms with Gasteiger partial charge in [-0.2, -0.15) is 5.10 Å². The van der Waals surface area contributed by atoms with Gasteiger partial charge in [-0.15, -0.1) is 0 Å². The van der Waals surface area contributed by atoms with Gasteiger partial charge in [-0.05, 0) is 12.8 Å². The van der Waals surface area contributed by atoms with Crippen molar-refractivity contribution < 1.29 is 18.3 Å². The first-order valence-corrected chi connectivity index (χ1v) is 7.00. The maximum atomic E-state index is 13.5. The van der Waals surface area contributed by atoms with E-state index in [2.05, 4.69) is 10.4 Å². The molecule has 1 saturated carbocycles. The summed E-state index contributed by atoms with van der Waals surface area (Å²) in [5.41, 5.74) is 1.45. The van der Waals surface area contributed by atoms with E-state index in [0.29, 0.717) is 11.6 Å². The van der Waals surface area contributed by atoms with E-state index in [1.807, 2.05) is 0 Å². The molecule has 3 rings (SSSR count). The number of nitrogens with one attached hydrogen (secondary N) is 1. The highest BCUT2D eigenvalue weighted by molar-refractivity contribution is 5.90.